The fraction of sp³-hybridized carbons (Fsp3) is 0.182. The van der Waals surface area contributed by atoms with Crippen LogP contribution in [0.25, 0.3) is 6.08 Å². The molecule has 0 aliphatic heterocycles. The van der Waals surface area contributed by atoms with Crippen LogP contribution in [0.15, 0.2) is 71.0 Å². The molecule has 1 N–H and O–H groups in total. The molecule has 0 fully saturated rings. The molecule has 150 valence electrons. The van der Waals surface area contributed by atoms with E-state index in [4.69, 9.17) is 11.6 Å². The number of hydrogen-bond acceptors (Lipinski definition) is 3. The molecule has 0 radical (unpaired) electrons. The van der Waals surface area contributed by atoms with E-state index in [9.17, 15) is 9.18 Å². The zero-order chi connectivity index (χ0) is 20.6. The lowest BCUT2D eigenvalue weighted by atomic mass is 10.1. The van der Waals surface area contributed by atoms with Crippen LogP contribution in [0.2, 0.25) is 5.02 Å². The first-order valence-electron chi connectivity index (χ1n) is 9.16. The van der Waals surface area contributed by atoms with Crippen LogP contribution in [0, 0.1) is 12.7 Å². The van der Waals surface area contributed by atoms with Crippen LogP contribution in [-0.2, 0) is 11.3 Å². The van der Waals surface area contributed by atoms with E-state index in [1.165, 1.54) is 30.0 Å². The minimum absolute atomic E-state index is 0.158. The number of halogens is 2. The first-order chi connectivity index (χ1) is 14.0. The predicted octanol–water partition coefficient (Wildman–Crippen LogP) is 5.35. The molecule has 1 heterocycles. The number of imidazole rings is 1. The number of nitrogens with zero attached hydrogens (tertiary/aromatic N) is 2. The highest BCUT2D eigenvalue weighted by Gasteiger charge is 2.07. The van der Waals surface area contributed by atoms with Crippen LogP contribution in [0.4, 0.5) is 4.39 Å². The van der Waals surface area contributed by atoms with Gasteiger partial charge in [0.1, 0.15) is 5.82 Å². The number of hydrogen-bond donors (Lipinski definition) is 1. The Morgan fingerprint density at radius 2 is 2.10 bits per heavy atom. The molecular weight excluding hydrogens is 409 g/mol. The highest BCUT2D eigenvalue weighted by molar-refractivity contribution is 7.99. The number of nitrogens with one attached hydrogen (secondary N) is 1. The normalized spacial score (nSPS) is 11.1. The summed E-state index contributed by atoms with van der Waals surface area (Å²) in [6.45, 7) is 3.37. The Morgan fingerprint density at radius 1 is 1.31 bits per heavy atom. The van der Waals surface area contributed by atoms with Crippen molar-refractivity contribution in [1.82, 2.24) is 14.9 Å². The summed E-state index contributed by atoms with van der Waals surface area (Å²) in [6, 6.07) is 10.1. The molecule has 0 aliphatic rings. The molecule has 29 heavy (non-hydrogen) atoms. The Kier molecular flexibility index (Phi) is 7.49. The molecule has 2 aromatic carbocycles. The van der Waals surface area contributed by atoms with Crippen molar-refractivity contribution in [2.75, 3.05) is 6.54 Å². The van der Waals surface area contributed by atoms with Gasteiger partial charge in [-0.05, 0) is 66.9 Å². The maximum Gasteiger partial charge on any atom is 0.244 e. The minimum Gasteiger partial charge on any atom is -0.352 e. The van der Waals surface area contributed by atoms with E-state index in [-0.39, 0.29) is 11.7 Å². The number of rotatable bonds is 8. The number of carbonyl (C=O) groups is 1. The fourth-order valence-corrected chi connectivity index (χ4v) is 3.88. The van der Waals surface area contributed by atoms with Crippen LogP contribution >= 0.6 is 23.4 Å². The lowest BCUT2D eigenvalue weighted by Gasteiger charge is -2.09. The van der Waals surface area contributed by atoms with Gasteiger partial charge < -0.3 is 9.88 Å². The number of aromatic nitrogens is 2. The second-order valence-corrected chi connectivity index (χ2v) is 8.00. The van der Waals surface area contributed by atoms with Crippen molar-refractivity contribution >= 4 is 35.3 Å². The molecule has 7 heteroatoms. The number of amides is 1. The van der Waals surface area contributed by atoms with E-state index in [0.29, 0.717) is 11.6 Å². The van der Waals surface area contributed by atoms with E-state index in [1.54, 1.807) is 30.7 Å². The van der Waals surface area contributed by atoms with Gasteiger partial charge in [-0.1, -0.05) is 23.4 Å². The molecule has 0 spiro atoms. The maximum atomic E-state index is 13.1. The summed E-state index contributed by atoms with van der Waals surface area (Å²) in [6.07, 6.45) is 9.41. The molecule has 1 amide bonds. The molecule has 0 aliphatic carbocycles. The van der Waals surface area contributed by atoms with Crippen LogP contribution < -0.4 is 5.32 Å². The highest BCUT2D eigenvalue weighted by atomic mass is 35.5. The molecule has 0 saturated carbocycles. The molecule has 0 unspecified atom stereocenters. The van der Waals surface area contributed by atoms with Crippen LogP contribution in [0.1, 0.15) is 17.5 Å². The van der Waals surface area contributed by atoms with E-state index < -0.39 is 0 Å². The summed E-state index contributed by atoms with van der Waals surface area (Å²) >= 11 is 7.92. The molecule has 3 aromatic rings. The van der Waals surface area contributed by atoms with Gasteiger partial charge in [-0.2, -0.15) is 0 Å². The summed E-state index contributed by atoms with van der Waals surface area (Å²) in [7, 11) is 0. The largest absolute Gasteiger partial charge is 0.352 e. The molecule has 4 nitrogen and oxygen atoms in total. The zero-order valence-corrected chi connectivity index (χ0v) is 17.5. The first kappa shape index (κ1) is 21.1. The quantitative estimate of drug-likeness (QED) is 0.387. The summed E-state index contributed by atoms with van der Waals surface area (Å²) in [4.78, 5) is 17.9. The molecule has 1 aromatic heterocycles. The van der Waals surface area contributed by atoms with E-state index in [1.807, 2.05) is 29.8 Å². The van der Waals surface area contributed by atoms with Gasteiger partial charge in [0.2, 0.25) is 5.91 Å². The summed E-state index contributed by atoms with van der Waals surface area (Å²) in [5.41, 5.74) is 1.81. The van der Waals surface area contributed by atoms with Gasteiger partial charge in [-0.15, -0.1) is 0 Å². The molecule has 3 rings (SSSR count). The van der Waals surface area contributed by atoms with Crippen molar-refractivity contribution in [3.05, 3.63) is 83.2 Å². The van der Waals surface area contributed by atoms with Crippen molar-refractivity contribution in [2.45, 2.75) is 29.7 Å². The Bertz CT molecular complexity index is 988. The average Bonchev–Trinajstić information content (AvgIpc) is 3.22. The van der Waals surface area contributed by atoms with Crippen molar-refractivity contribution < 1.29 is 9.18 Å². The summed E-state index contributed by atoms with van der Waals surface area (Å²) in [5.74, 6) is -0.418. The maximum absolute atomic E-state index is 13.1. The zero-order valence-electron chi connectivity index (χ0n) is 15.9. The third kappa shape index (κ3) is 6.48. The van der Waals surface area contributed by atoms with Gasteiger partial charge in [0, 0.05) is 46.4 Å². The Labute approximate surface area is 178 Å². The lowest BCUT2D eigenvalue weighted by molar-refractivity contribution is -0.116. The number of aryl methyl sites for hydroxylation is 2. The fourth-order valence-electron chi connectivity index (χ4n) is 2.67. The van der Waals surface area contributed by atoms with Crippen LogP contribution in [0.5, 0.6) is 0 Å². The van der Waals surface area contributed by atoms with E-state index in [2.05, 4.69) is 10.3 Å². The van der Waals surface area contributed by atoms with Crippen molar-refractivity contribution in [2.24, 2.45) is 0 Å². The van der Waals surface area contributed by atoms with Gasteiger partial charge in [-0.3, -0.25) is 4.79 Å². The van der Waals surface area contributed by atoms with Gasteiger partial charge in [0.15, 0.2) is 0 Å². The monoisotopic (exact) mass is 429 g/mol. The average molecular weight is 430 g/mol. The first-order valence-corrected chi connectivity index (χ1v) is 10.4. The standard InChI is InChI=1S/C22H21ClFN3OS/c1-16-13-17(3-8-22(28)26-9-2-11-27-12-10-25-15-27)20(23)14-21(16)29-19-6-4-18(24)5-7-19/h3-8,10,12-15H,2,9,11H2,1H3,(H,26,28)/b8-3+. The Morgan fingerprint density at radius 3 is 2.83 bits per heavy atom. The van der Waals surface area contributed by atoms with Gasteiger partial charge in [0.05, 0.1) is 6.33 Å². The predicted molar refractivity (Wildman–Crippen MR) is 116 cm³/mol. The van der Waals surface area contributed by atoms with Crippen molar-refractivity contribution in [3.63, 3.8) is 0 Å². The van der Waals surface area contributed by atoms with Crippen molar-refractivity contribution in [1.29, 1.82) is 0 Å². The lowest BCUT2D eigenvalue weighted by Crippen LogP contribution is -2.22. The van der Waals surface area contributed by atoms with Crippen LogP contribution in [-0.4, -0.2) is 22.0 Å². The number of benzene rings is 2. The third-order valence-corrected chi connectivity index (χ3v) is 5.70. The van der Waals surface area contributed by atoms with Gasteiger partial charge in [-0.25, -0.2) is 9.37 Å². The summed E-state index contributed by atoms with van der Waals surface area (Å²) in [5, 5.41) is 3.42. The second kappa shape index (κ2) is 10.3. The van der Waals surface area contributed by atoms with Crippen molar-refractivity contribution in [3.8, 4) is 0 Å². The molecule has 0 bridgehead atoms. The number of carbonyl (C=O) groups excluding carboxylic acids is 1. The Balaban J connectivity index is 1.55. The minimum atomic E-state index is -0.260. The third-order valence-electron chi connectivity index (χ3n) is 4.20. The second-order valence-electron chi connectivity index (χ2n) is 6.47. The Hall–Kier alpha value is -2.57. The SMILES string of the molecule is Cc1cc(/C=C/C(=O)NCCCn2ccnc2)c(Cl)cc1Sc1ccc(F)cc1. The van der Waals surface area contributed by atoms with Gasteiger partial charge >= 0.3 is 0 Å². The van der Waals surface area contributed by atoms with E-state index in [0.717, 1.165) is 33.9 Å². The topological polar surface area (TPSA) is 46.9 Å². The molecule has 0 saturated heterocycles. The smallest absolute Gasteiger partial charge is 0.244 e. The molecule has 0 atom stereocenters. The van der Waals surface area contributed by atoms with Gasteiger partial charge in [0.25, 0.3) is 0 Å². The molecular formula is C22H21ClFN3OS. The van der Waals surface area contributed by atoms with Crippen LogP contribution in [0.3, 0.4) is 0 Å². The summed E-state index contributed by atoms with van der Waals surface area (Å²) < 4.78 is 15.0. The highest BCUT2D eigenvalue weighted by Crippen LogP contribution is 2.34. The van der Waals surface area contributed by atoms with E-state index >= 15 is 0 Å².